The van der Waals surface area contributed by atoms with Crippen LogP contribution in [0.4, 0.5) is 5.69 Å². The minimum Gasteiger partial charge on any atom is -0.456 e. The summed E-state index contributed by atoms with van der Waals surface area (Å²) in [6.45, 7) is 0. The lowest BCUT2D eigenvalue weighted by Crippen LogP contribution is -2.35. The van der Waals surface area contributed by atoms with Gasteiger partial charge in [-0.15, -0.1) is 0 Å². The van der Waals surface area contributed by atoms with Gasteiger partial charge in [-0.1, -0.05) is 72.8 Å². The largest absolute Gasteiger partial charge is 0.456 e. The average Bonchev–Trinajstić information content (AvgIpc) is 3.44. The smallest absolute Gasteiger partial charge is 0.340 e. The molecule has 232 valence electrons. The maximum Gasteiger partial charge on any atom is 0.340 e. The Hall–Kier alpha value is -6.83. The van der Waals surface area contributed by atoms with Crippen molar-refractivity contribution in [2.75, 3.05) is 5.32 Å². The van der Waals surface area contributed by atoms with Crippen LogP contribution in [-0.4, -0.2) is 12.0 Å². The molecular formula is C42H26N4O3. The lowest BCUT2D eigenvalue weighted by atomic mass is 9.76. The normalized spacial score (nSPS) is 23.6. The number of nitrogens with one attached hydrogen (secondary N) is 2. The second-order valence-electron chi connectivity index (χ2n) is 12.3. The van der Waals surface area contributed by atoms with Crippen LogP contribution in [-0.2, 0) is 10.3 Å². The van der Waals surface area contributed by atoms with E-state index >= 15 is 0 Å². The fourth-order valence-corrected chi connectivity index (χ4v) is 7.60. The van der Waals surface area contributed by atoms with Gasteiger partial charge in [0.05, 0.1) is 22.8 Å². The number of rotatable bonds is 2. The molecule has 7 heteroatoms. The van der Waals surface area contributed by atoms with E-state index in [2.05, 4.69) is 34.9 Å². The number of ether oxygens (including phenoxy) is 2. The van der Waals surface area contributed by atoms with Crippen molar-refractivity contribution >= 4 is 28.4 Å². The SMILES string of the molecule is N#C/C(=C1/C=CNc2ccccc21)c1ccc2c(c1)Oc1cc(/C(C#N)=C3\C=CNC4C=CC=CC34)ccc1C21OC(=O)c2ccccc21. The fourth-order valence-electron chi connectivity index (χ4n) is 7.60. The Bertz CT molecular complexity index is 2410. The second-order valence-corrected chi connectivity index (χ2v) is 12.3. The first-order valence-electron chi connectivity index (χ1n) is 16.0. The molecule has 1 spiro atoms. The average molecular weight is 635 g/mol. The highest BCUT2D eigenvalue weighted by atomic mass is 16.6. The first-order chi connectivity index (χ1) is 24.1. The molecule has 4 heterocycles. The summed E-state index contributed by atoms with van der Waals surface area (Å²) in [5.74, 6) is 0.485. The number of allylic oxidation sites excluding steroid dienone is 7. The molecule has 5 aliphatic rings. The number of nitrogens with zero attached hydrogens (tertiary/aromatic N) is 2. The fraction of sp³-hybridized carbons (Fsp3) is 0.0714. The summed E-state index contributed by atoms with van der Waals surface area (Å²) in [6, 6.07) is 31.4. The van der Waals surface area contributed by atoms with Crippen LogP contribution >= 0.6 is 0 Å². The number of hydrogen-bond acceptors (Lipinski definition) is 7. The van der Waals surface area contributed by atoms with Crippen molar-refractivity contribution in [3.63, 3.8) is 0 Å². The molecule has 0 bridgehead atoms. The zero-order valence-electron chi connectivity index (χ0n) is 26.0. The molecule has 0 aromatic heterocycles. The lowest BCUT2D eigenvalue weighted by Gasteiger charge is -2.37. The molecule has 49 heavy (non-hydrogen) atoms. The molecule has 0 radical (unpaired) electrons. The number of anilines is 1. The van der Waals surface area contributed by atoms with Crippen molar-refractivity contribution in [1.29, 1.82) is 10.5 Å². The van der Waals surface area contributed by atoms with Crippen LogP contribution in [0.5, 0.6) is 11.5 Å². The maximum atomic E-state index is 13.5. The molecule has 0 saturated heterocycles. The van der Waals surface area contributed by atoms with Crippen LogP contribution in [0, 0.1) is 28.6 Å². The van der Waals surface area contributed by atoms with Gasteiger partial charge in [-0.05, 0) is 71.5 Å². The van der Waals surface area contributed by atoms with Crippen LogP contribution in [0.3, 0.4) is 0 Å². The number of hydrogen-bond donors (Lipinski definition) is 2. The molecule has 3 unspecified atom stereocenters. The zero-order valence-corrected chi connectivity index (χ0v) is 26.0. The van der Waals surface area contributed by atoms with Gasteiger partial charge in [0, 0.05) is 45.6 Å². The molecule has 4 aliphatic heterocycles. The highest BCUT2D eigenvalue weighted by molar-refractivity contribution is 6.05. The first kappa shape index (κ1) is 28.4. The van der Waals surface area contributed by atoms with Crippen LogP contribution < -0.4 is 15.4 Å². The third-order valence-electron chi connectivity index (χ3n) is 9.82. The topological polar surface area (TPSA) is 107 Å². The molecule has 9 rings (SSSR count). The number of para-hydroxylation sites is 1. The molecule has 7 nitrogen and oxygen atoms in total. The number of benzene rings is 4. The molecule has 4 aromatic carbocycles. The van der Waals surface area contributed by atoms with E-state index in [1.54, 1.807) is 6.07 Å². The van der Waals surface area contributed by atoms with E-state index in [1.165, 1.54) is 0 Å². The Kier molecular flexibility index (Phi) is 6.30. The Balaban J connectivity index is 1.24. The van der Waals surface area contributed by atoms with Crippen molar-refractivity contribution in [1.82, 2.24) is 5.32 Å². The summed E-state index contributed by atoms with van der Waals surface area (Å²) in [6.07, 6.45) is 15.7. The van der Waals surface area contributed by atoms with Gasteiger partial charge in [0.2, 0.25) is 0 Å². The van der Waals surface area contributed by atoms with Crippen LogP contribution in [0.15, 0.2) is 139 Å². The van der Waals surface area contributed by atoms with Gasteiger partial charge in [0.25, 0.3) is 0 Å². The number of esters is 1. The third kappa shape index (κ3) is 4.16. The molecule has 0 amide bonds. The van der Waals surface area contributed by atoms with Gasteiger partial charge in [-0.25, -0.2) is 4.79 Å². The highest BCUT2D eigenvalue weighted by Crippen LogP contribution is 2.57. The van der Waals surface area contributed by atoms with E-state index in [1.807, 2.05) is 116 Å². The molecule has 0 saturated carbocycles. The number of carbonyl (C=O) groups excluding carboxylic acids is 1. The van der Waals surface area contributed by atoms with E-state index < -0.39 is 11.6 Å². The first-order valence-corrected chi connectivity index (χ1v) is 16.0. The number of fused-ring (bicyclic) bond motifs is 8. The monoisotopic (exact) mass is 634 g/mol. The van der Waals surface area contributed by atoms with Gasteiger partial charge in [0.15, 0.2) is 5.60 Å². The Morgan fingerprint density at radius 2 is 1.43 bits per heavy atom. The Morgan fingerprint density at radius 3 is 2.20 bits per heavy atom. The summed E-state index contributed by atoms with van der Waals surface area (Å²) in [4.78, 5) is 13.5. The summed E-state index contributed by atoms with van der Waals surface area (Å²) in [7, 11) is 0. The predicted octanol–water partition coefficient (Wildman–Crippen LogP) is 8.13. The van der Waals surface area contributed by atoms with Gasteiger partial charge in [0.1, 0.15) is 23.6 Å². The van der Waals surface area contributed by atoms with Gasteiger partial charge >= 0.3 is 5.97 Å². The Morgan fingerprint density at radius 1 is 0.735 bits per heavy atom. The molecule has 0 fully saturated rings. The quantitative estimate of drug-likeness (QED) is 0.169. The van der Waals surface area contributed by atoms with Gasteiger partial charge in [-0.2, -0.15) is 10.5 Å². The summed E-state index contributed by atoms with van der Waals surface area (Å²) >= 11 is 0. The highest BCUT2D eigenvalue weighted by Gasteiger charge is 2.53. The van der Waals surface area contributed by atoms with E-state index in [4.69, 9.17) is 9.47 Å². The molecule has 1 aliphatic carbocycles. The van der Waals surface area contributed by atoms with Crippen molar-refractivity contribution in [3.8, 4) is 23.6 Å². The molecule has 3 atom stereocenters. The minimum atomic E-state index is -1.29. The lowest BCUT2D eigenvalue weighted by molar-refractivity contribution is 0.0224. The van der Waals surface area contributed by atoms with Crippen LogP contribution in [0.2, 0.25) is 0 Å². The maximum absolute atomic E-state index is 13.5. The molecule has 2 N–H and O–H groups in total. The summed E-state index contributed by atoms with van der Waals surface area (Å²) in [5, 5.41) is 27.6. The third-order valence-corrected chi connectivity index (χ3v) is 9.82. The van der Waals surface area contributed by atoms with Crippen molar-refractivity contribution in [2.24, 2.45) is 5.92 Å². The van der Waals surface area contributed by atoms with Crippen LogP contribution in [0.1, 0.15) is 43.7 Å². The van der Waals surface area contributed by atoms with E-state index in [0.717, 1.165) is 22.4 Å². The predicted molar refractivity (Wildman–Crippen MR) is 187 cm³/mol. The van der Waals surface area contributed by atoms with Gasteiger partial charge < -0.3 is 20.1 Å². The standard InChI is InChI=1S/C42H26N4O3/c43-23-32(27-17-19-45-37-11-5-2-7-29(27)37)25-13-15-35-39(21-25)48-40-22-26(33(24-44)28-18-20-46-38-12-6-3-8-30(28)38)14-16-36(40)42(35)34-10-4-1-9-31(34)41(47)49-42/h1-22,29,37,45-46H/b32-27+,33-28+. The van der Waals surface area contributed by atoms with Crippen LogP contribution in [0.25, 0.3) is 16.7 Å². The van der Waals surface area contributed by atoms with Crippen molar-refractivity contribution < 1.29 is 14.3 Å². The van der Waals surface area contributed by atoms with E-state index in [-0.39, 0.29) is 12.0 Å². The number of carbonyl (C=O) groups is 1. The second kappa shape index (κ2) is 10.9. The summed E-state index contributed by atoms with van der Waals surface area (Å²) in [5.41, 5.74) is 7.09. The van der Waals surface area contributed by atoms with Gasteiger partial charge in [-0.3, -0.25) is 0 Å². The Labute approximate surface area is 282 Å². The van der Waals surface area contributed by atoms with Crippen molar-refractivity contribution in [2.45, 2.75) is 11.6 Å². The molecular weight excluding hydrogens is 608 g/mol. The minimum absolute atomic E-state index is 0.00880. The zero-order chi connectivity index (χ0) is 33.1. The van der Waals surface area contributed by atoms with Crippen molar-refractivity contribution in [3.05, 3.63) is 178 Å². The molecule has 4 aromatic rings. The number of nitriles is 2. The van der Waals surface area contributed by atoms with E-state index in [9.17, 15) is 15.3 Å². The summed E-state index contributed by atoms with van der Waals surface area (Å²) < 4.78 is 13.1. The van der Waals surface area contributed by atoms with E-state index in [0.29, 0.717) is 56.0 Å².